The molecule has 7 rings (SSSR count). The zero-order chi connectivity index (χ0) is 23.5. The quantitative estimate of drug-likeness (QED) is 0.177. The number of hydrogen-bond acceptors (Lipinski definition) is 0. The van der Waals surface area contributed by atoms with Gasteiger partial charge < -0.3 is 9.41 Å². The third-order valence-electron chi connectivity index (χ3n) is 6.51. The van der Waals surface area contributed by atoms with Gasteiger partial charge in [-0.05, 0) is 25.0 Å². The third kappa shape index (κ3) is 6.06. The summed E-state index contributed by atoms with van der Waals surface area (Å²) in [5, 5.41) is 6.89. The summed E-state index contributed by atoms with van der Waals surface area (Å²) in [7, 11) is -0.493. The maximum Gasteiger partial charge on any atom is 4.00 e. The van der Waals surface area contributed by atoms with E-state index in [9.17, 15) is 0 Å². The first kappa shape index (κ1) is 29.3. The molecular weight excluding hydrogens is 525 g/mol. The van der Waals surface area contributed by atoms with Crippen molar-refractivity contribution in [3.05, 3.63) is 157 Å². The summed E-state index contributed by atoms with van der Waals surface area (Å²) in [5.74, 6) is 0. The van der Waals surface area contributed by atoms with Crippen LogP contribution in [0.1, 0.15) is 11.1 Å². The Labute approximate surface area is 239 Å². The van der Waals surface area contributed by atoms with E-state index in [0.29, 0.717) is 0 Å². The first-order valence-corrected chi connectivity index (χ1v) is 13.3. The smallest absolute Gasteiger partial charge is 1.00 e. The van der Waals surface area contributed by atoms with Crippen LogP contribution >= 0.6 is 7.92 Å². The number of fused-ring (bicyclic) bond motifs is 4. The Morgan fingerprint density at radius 3 is 1.87 bits per heavy atom. The molecule has 0 spiro atoms. The van der Waals surface area contributed by atoms with E-state index >= 15 is 0 Å². The van der Waals surface area contributed by atoms with Crippen molar-refractivity contribution in [3.63, 3.8) is 0 Å². The van der Waals surface area contributed by atoms with E-state index in [1.165, 1.54) is 48.9 Å². The second kappa shape index (κ2) is 13.5. The molecule has 6 aromatic rings. The maximum absolute atomic E-state index is 3.30. The van der Waals surface area contributed by atoms with E-state index in [1.54, 1.807) is 0 Å². The normalized spacial score (nSPS) is 10.7. The molecule has 0 saturated carbocycles. The minimum absolute atomic E-state index is 0. The van der Waals surface area contributed by atoms with Crippen molar-refractivity contribution < 1.29 is 31.1 Å². The topological polar surface area (TPSA) is 0 Å². The standard InChI is InChI=1S/C21H16P.C13H9.2FH.Ti/c1-3-11-19(12-4-1)22(20-13-5-2-6-14-20)21-15-17-9-7-8-10-18(17)16-21;1-3-7-12-10(5-1)9-11-6-2-4-8-13(11)12;;;/h1-16H;1-5,7-8H,9H2;2*1H;/q2*-1;;;+4/p-2. The van der Waals surface area contributed by atoms with Crippen LogP contribution in [-0.2, 0) is 28.1 Å². The van der Waals surface area contributed by atoms with Crippen LogP contribution in [0.4, 0.5) is 0 Å². The predicted molar refractivity (Wildman–Crippen MR) is 152 cm³/mol. The Morgan fingerprint density at radius 2 is 1.18 bits per heavy atom. The van der Waals surface area contributed by atoms with E-state index in [2.05, 4.69) is 140 Å². The molecule has 1 aliphatic rings. The van der Waals surface area contributed by atoms with Crippen molar-refractivity contribution in [1.29, 1.82) is 0 Å². The van der Waals surface area contributed by atoms with Gasteiger partial charge in [0, 0.05) is 0 Å². The van der Waals surface area contributed by atoms with Gasteiger partial charge in [0.2, 0.25) is 0 Å². The molecule has 0 bridgehead atoms. The van der Waals surface area contributed by atoms with Gasteiger partial charge in [0.05, 0.1) is 0 Å². The summed E-state index contributed by atoms with van der Waals surface area (Å²) in [4.78, 5) is 0. The van der Waals surface area contributed by atoms with Crippen molar-refractivity contribution in [2.75, 3.05) is 0 Å². The fraction of sp³-hybridized carbons (Fsp3) is 0.0294. The third-order valence-corrected chi connectivity index (χ3v) is 8.91. The minimum Gasteiger partial charge on any atom is -1.00 e. The van der Waals surface area contributed by atoms with Crippen molar-refractivity contribution >= 4 is 34.6 Å². The van der Waals surface area contributed by atoms with Gasteiger partial charge in [-0.3, -0.25) is 0 Å². The molecule has 1 aliphatic carbocycles. The maximum atomic E-state index is 3.30. The summed E-state index contributed by atoms with van der Waals surface area (Å²) in [6, 6.07) is 53.1. The van der Waals surface area contributed by atoms with E-state index in [1.807, 2.05) is 6.07 Å². The van der Waals surface area contributed by atoms with Gasteiger partial charge in [-0.1, -0.05) is 102 Å². The first-order valence-electron chi connectivity index (χ1n) is 12.0. The molecule has 0 radical (unpaired) electrons. The molecule has 0 saturated heterocycles. The van der Waals surface area contributed by atoms with Crippen LogP contribution in [0, 0.1) is 6.07 Å². The molecule has 0 fully saturated rings. The summed E-state index contributed by atoms with van der Waals surface area (Å²) in [6.45, 7) is 0. The second-order valence-electron chi connectivity index (χ2n) is 8.75. The minimum atomic E-state index is -0.493. The van der Waals surface area contributed by atoms with Crippen LogP contribution in [-0.4, -0.2) is 0 Å². The average Bonchev–Trinajstić information content (AvgIpc) is 3.52. The van der Waals surface area contributed by atoms with Crippen LogP contribution in [0.25, 0.3) is 21.9 Å². The summed E-state index contributed by atoms with van der Waals surface area (Å²) in [5.41, 5.74) is 5.51. The SMILES string of the molecule is [F-].[F-].[Ti+4].[c-]1cccc2c1Cc1ccccc1-2.c1ccc(P(c2ccccc2)c2cc3ccccc3[cH-]2)cc1. The van der Waals surface area contributed by atoms with Crippen molar-refractivity contribution in [2.24, 2.45) is 0 Å². The molecule has 6 aromatic carbocycles. The predicted octanol–water partition coefficient (Wildman–Crippen LogP) is 1.38. The van der Waals surface area contributed by atoms with Crippen LogP contribution in [0.15, 0.2) is 140 Å². The molecule has 0 heterocycles. The van der Waals surface area contributed by atoms with Gasteiger partial charge in [-0.2, -0.15) is 35.9 Å². The van der Waals surface area contributed by atoms with E-state index < -0.39 is 7.92 Å². The monoisotopic (exact) mass is 550 g/mol. The van der Waals surface area contributed by atoms with E-state index in [0.717, 1.165) is 6.42 Å². The molecule has 0 amide bonds. The molecule has 0 aromatic heterocycles. The molecule has 0 nitrogen and oxygen atoms in total. The van der Waals surface area contributed by atoms with Gasteiger partial charge in [0.15, 0.2) is 0 Å². The van der Waals surface area contributed by atoms with Crippen molar-refractivity contribution in [2.45, 2.75) is 6.42 Å². The Hall–Kier alpha value is -3.29. The summed E-state index contributed by atoms with van der Waals surface area (Å²) < 4.78 is 0. The summed E-state index contributed by atoms with van der Waals surface area (Å²) in [6.07, 6.45) is 1.05. The second-order valence-corrected chi connectivity index (χ2v) is 11.0. The first-order chi connectivity index (χ1) is 17.4. The number of rotatable bonds is 3. The molecule has 0 atom stereocenters. The van der Waals surface area contributed by atoms with E-state index in [-0.39, 0.29) is 31.1 Å². The number of benzene rings is 5. The molecule has 0 aliphatic heterocycles. The zero-order valence-electron chi connectivity index (χ0n) is 20.7. The molecule has 4 heteroatoms. The van der Waals surface area contributed by atoms with Gasteiger partial charge in [0.1, 0.15) is 0 Å². The molecular formula is C34H25F2PTi. The Balaban J connectivity index is 0.000000216. The number of halogens is 2. The van der Waals surface area contributed by atoms with Crippen LogP contribution < -0.4 is 25.3 Å². The number of hydrogen-bond donors (Lipinski definition) is 0. The van der Waals surface area contributed by atoms with E-state index in [4.69, 9.17) is 0 Å². The molecule has 184 valence electrons. The molecule has 0 N–H and O–H groups in total. The van der Waals surface area contributed by atoms with Crippen molar-refractivity contribution in [3.8, 4) is 11.1 Å². The fourth-order valence-electron chi connectivity index (χ4n) is 4.86. The van der Waals surface area contributed by atoms with Gasteiger partial charge in [-0.15, -0.1) is 45.9 Å². The molecule has 38 heavy (non-hydrogen) atoms. The van der Waals surface area contributed by atoms with Gasteiger partial charge in [0.25, 0.3) is 0 Å². The Kier molecular flexibility index (Phi) is 10.4. The Morgan fingerprint density at radius 1 is 0.605 bits per heavy atom. The largest absolute Gasteiger partial charge is 4.00 e. The molecule has 0 unspecified atom stereocenters. The van der Waals surface area contributed by atoms with Gasteiger partial charge >= 0.3 is 21.7 Å². The summed E-state index contributed by atoms with van der Waals surface area (Å²) >= 11 is 0. The van der Waals surface area contributed by atoms with Crippen LogP contribution in [0.2, 0.25) is 0 Å². The average molecular weight is 550 g/mol. The van der Waals surface area contributed by atoms with Crippen LogP contribution in [0.3, 0.4) is 0 Å². The van der Waals surface area contributed by atoms with Crippen LogP contribution in [0.5, 0.6) is 0 Å². The fourth-order valence-corrected chi connectivity index (χ4v) is 7.23. The van der Waals surface area contributed by atoms with Crippen molar-refractivity contribution in [1.82, 2.24) is 0 Å². The zero-order valence-corrected chi connectivity index (χ0v) is 23.1. The van der Waals surface area contributed by atoms with Gasteiger partial charge in [-0.25, -0.2) is 0 Å². The Bertz CT molecular complexity index is 1460.